The van der Waals surface area contributed by atoms with Gasteiger partial charge < -0.3 is 24.3 Å². The first-order valence-electron chi connectivity index (χ1n) is 8.94. The van der Waals surface area contributed by atoms with E-state index < -0.39 is 23.9 Å². The van der Waals surface area contributed by atoms with E-state index in [2.05, 4.69) is 9.97 Å². The van der Waals surface area contributed by atoms with Crippen molar-refractivity contribution in [1.29, 1.82) is 5.26 Å². The summed E-state index contributed by atoms with van der Waals surface area (Å²) in [6, 6.07) is 16.1. The van der Waals surface area contributed by atoms with E-state index in [1.54, 1.807) is 36.4 Å². The molecule has 0 amide bonds. The number of nitriles is 1. The van der Waals surface area contributed by atoms with Gasteiger partial charge >= 0.3 is 5.97 Å². The van der Waals surface area contributed by atoms with Gasteiger partial charge in [0.25, 0.3) is 0 Å². The van der Waals surface area contributed by atoms with Crippen LogP contribution in [0.2, 0.25) is 0 Å². The van der Waals surface area contributed by atoms with Crippen molar-refractivity contribution in [3.63, 3.8) is 0 Å². The molecular formula is C21H17N3O5. The van der Waals surface area contributed by atoms with Gasteiger partial charge in [0, 0.05) is 0 Å². The minimum absolute atomic E-state index is 0.0122. The Balaban J connectivity index is 1.51. The average molecular weight is 391 g/mol. The van der Waals surface area contributed by atoms with Crippen LogP contribution < -0.4 is 9.47 Å². The number of nitrogens with one attached hydrogen (secondary N) is 1. The zero-order valence-corrected chi connectivity index (χ0v) is 15.5. The first kappa shape index (κ1) is 18.4. The highest BCUT2D eigenvalue weighted by Gasteiger charge is 2.31. The fraction of sp³-hybridized carbons (Fsp3) is 0.190. The maximum Gasteiger partial charge on any atom is 0.351 e. The third-order valence-corrected chi connectivity index (χ3v) is 4.44. The standard InChI is InChI=1S/C21H17N3O5/c1-12(28-21(26)18-11-27-16-8-4-5-9-17(16)29-18)19(25)13(10-22)20-23-14-6-2-3-7-15(14)24-20/h2-9,12,18,25H,11H2,1H3,(H,23,24)/b19-13-/t12-,18+/m0/s1. The van der Waals surface area contributed by atoms with Crippen molar-refractivity contribution >= 4 is 22.6 Å². The molecule has 1 aliphatic rings. The van der Waals surface area contributed by atoms with E-state index in [-0.39, 0.29) is 18.0 Å². The van der Waals surface area contributed by atoms with Gasteiger partial charge in [-0.1, -0.05) is 24.3 Å². The number of hydrogen-bond donors (Lipinski definition) is 2. The predicted molar refractivity (Wildman–Crippen MR) is 103 cm³/mol. The molecule has 29 heavy (non-hydrogen) atoms. The maximum absolute atomic E-state index is 12.4. The summed E-state index contributed by atoms with van der Waals surface area (Å²) in [7, 11) is 0. The maximum atomic E-state index is 12.4. The minimum Gasteiger partial charge on any atom is -0.507 e. The first-order valence-corrected chi connectivity index (χ1v) is 8.94. The highest BCUT2D eigenvalue weighted by atomic mass is 16.6. The number of nitrogens with zero attached hydrogens (tertiary/aromatic N) is 2. The SMILES string of the molecule is C[C@H](OC(=O)[C@H]1COc2ccccc2O1)/C(O)=C(\C#N)c1nc2ccccc2[nH]1. The Morgan fingerprint density at radius 2 is 2.00 bits per heavy atom. The molecule has 8 heteroatoms. The fourth-order valence-electron chi connectivity index (χ4n) is 2.95. The Hall–Kier alpha value is -3.99. The summed E-state index contributed by atoms with van der Waals surface area (Å²) in [5.41, 5.74) is 1.27. The predicted octanol–water partition coefficient (Wildman–Crippen LogP) is 3.13. The summed E-state index contributed by atoms with van der Waals surface area (Å²) in [5.74, 6) is 0.0647. The van der Waals surface area contributed by atoms with E-state index in [0.29, 0.717) is 17.0 Å². The van der Waals surface area contributed by atoms with Crippen molar-refractivity contribution in [2.45, 2.75) is 19.1 Å². The van der Waals surface area contributed by atoms with Gasteiger partial charge in [0.1, 0.15) is 18.2 Å². The second-order valence-electron chi connectivity index (χ2n) is 6.42. The molecule has 0 fully saturated rings. The molecule has 2 aromatic carbocycles. The first-order chi connectivity index (χ1) is 14.1. The molecule has 0 unspecified atom stereocenters. The molecule has 3 aromatic rings. The molecule has 0 bridgehead atoms. The van der Waals surface area contributed by atoms with Crippen LogP contribution in [0.15, 0.2) is 54.3 Å². The Labute approximate surface area is 166 Å². The van der Waals surface area contributed by atoms with Crippen LogP contribution in [-0.2, 0) is 9.53 Å². The number of aromatic nitrogens is 2. The third-order valence-electron chi connectivity index (χ3n) is 4.44. The van der Waals surface area contributed by atoms with Crippen molar-refractivity contribution in [3.05, 3.63) is 60.1 Å². The number of aliphatic hydroxyl groups is 1. The number of allylic oxidation sites excluding steroid dienone is 1. The highest BCUT2D eigenvalue weighted by molar-refractivity contribution is 5.83. The number of para-hydroxylation sites is 4. The van der Waals surface area contributed by atoms with E-state index in [1.807, 2.05) is 18.2 Å². The number of hydrogen-bond acceptors (Lipinski definition) is 7. The highest BCUT2D eigenvalue weighted by Crippen LogP contribution is 2.31. The zero-order chi connectivity index (χ0) is 20.4. The van der Waals surface area contributed by atoms with Gasteiger partial charge in [0.2, 0.25) is 6.10 Å². The van der Waals surface area contributed by atoms with Crippen molar-refractivity contribution in [1.82, 2.24) is 9.97 Å². The monoisotopic (exact) mass is 391 g/mol. The lowest BCUT2D eigenvalue weighted by Gasteiger charge is -2.26. The van der Waals surface area contributed by atoms with Gasteiger partial charge in [-0.25, -0.2) is 9.78 Å². The summed E-state index contributed by atoms with van der Waals surface area (Å²) in [6.45, 7) is 1.45. The molecule has 2 N–H and O–H groups in total. The lowest BCUT2D eigenvalue weighted by atomic mass is 10.1. The topological polar surface area (TPSA) is 117 Å². The van der Waals surface area contributed by atoms with Crippen LogP contribution in [0.3, 0.4) is 0 Å². The van der Waals surface area contributed by atoms with Crippen LogP contribution in [0.5, 0.6) is 11.5 Å². The van der Waals surface area contributed by atoms with Crippen LogP contribution in [-0.4, -0.2) is 39.9 Å². The smallest absolute Gasteiger partial charge is 0.351 e. The second kappa shape index (κ2) is 7.56. The summed E-state index contributed by atoms with van der Waals surface area (Å²) < 4.78 is 16.4. The molecule has 1 aromatic heterocycles. The molecular weight excluding hydrogens is 374 g/mol. The molecule has 2 atom stereocenters. The van der Waals surface area contributed by atoms with Gasteiger partial charge in [0.05, 0.1) is 11.0 Å². The van der Waals surface area contributed by atoms with Gasteiger partial charge in [-0.3, -0.25) is 0 Å². The van der Waals surface area contributed by atoms with Gasteiger partial charge in [-0.15, -0.1) is 0 Å². The number of imidazole rings is 1. The van der Waals surface area contributed by atoms with Crippen molar-refractivity contribution in [3.8, 4) is 17.6 Å². The number of aliphatic hydroxyl groups excluding tert-OH is 1. The molecule has 2 heterocycles. The minimum atomic E-state index is -1.08. The molecule has 4 rings (SSSR count). The van der Waals surface area contributed by atoms with Gasteiger partial charge in [0.15, 0.2) is 29.2 Å². The number of aromatic amines is 1. The van der Waals surface area contributed by atoms with Crippen molar-refractivity contribution in [2.24, 2.45) is 0 Å². The van der Waals surface area contributed by atoms with Crippen LogP contribution in [0, 0.1) is 11.3 Å². The van der Waals surface area contributed by atoms with Crippen LogP contribution in [0.25, 0.3) is 16.6 Å². The number of H-pyrrole nitrogens is 1. The van der Waals surface area contributed by atoms with Gasteiger partial charge in [-0.2, -0.15) is 5.26 Å². The van der Waals surface area contributed by atoms with E-state index in [0.717, 1.165) is 5.52 Å². The number of esters is 1. The van der Waals surface area contributed by atoms with E-state index >= 15 is 0 Å². The summed E-state index contributed by atoms with van der Waals surface area (Å²) in [6.07, 6.45) is -2.05. The lowest BCUT2D eigenvalue weighted by molar-refractivity contribution is -0.158. The van der Waals surface area contributed by atoms with E-state index in [1.165, 1.54) is 6.92 Å². The third kappa shape index (κ3) is 3.58. The lowest BCUT2D eigenvalue weighted by Crippen LogP contribution is -2.39. The number of fused-ring (bicyclic) bond motifs is 2. The second-order valence-corrected chi connectivity index (χ2v) is 6.42. The molecule has 0 saturated carbocycles. The number of rotatable bonds is 4. The summed E-state index contributed by atoms with van der Waals surface area (Å²) in [4.78, 5) is 19.7. The molecule has 146 valence electrons. The number of carbonyl (C=O) groups excluding carboxylic acids is 1. The number of benzene rings is 2. The Bertz CT molecular complexity index is 1110. The zero-order valence-electron chi connectivity index (χ0n) is 15.5. The normalized spacial score (nSPS) is 17.2. The van der Waals surface area contributed by atoms with Crippen LogP contribution >= 0.6 is 0 Å². The van der Waals surface area contributed by atoms with Crippen LogP contribution in [0.4, 0.5) is 0 Å². The van der Waals surface area contributed by atoms with E-state index in [9.17, 15) is 15.2 Å². The molecule has 1 aliphatic heterocycles. The molecule has 0 saturated heterocycles. The Morgan fingerprint density at radius 3 is 2.76 bits per heavy atom. The van der Waals surface area contributed by atoms with Gasteiger partial charge in [-0.05, 0) is 31.2 Å². The molecule has 8 nitrogen and oxygen atoms in total. The molecule has 0 spiro atoms. The largest absolute Gasteiger partial charge is 0.507 e. The fourth-order valence-corrected chi connectivity index (χ4v) is 2.95. The Morgan fingerprint density at radius 1 is 1.28 bits per heavy atom. The average Bonchev–Trinajstić information content (AvgIpc) is 3.17. The quantitative estimate of drug-likeness (QED) is 0.398. The summed E-state index contributed by atoms with van der Waals surface area (Å²) in [5, 5.41) is 20.0. The van der Waals surface area contributed by atoms with Crippen molar-refractivity contribution in [2.75, 3.05) is 6.61 Å². The number of carbonyl (C=O) groups is 1. The number of ether oxygens (including phenoxy) is 3. The Kier molecular flexibility index (Phi) is 4.79. The molecule has 0 aliphatic carbocycles. The van der Waals surface area contributed by atoms with Crippen molar-refractivity contribution < 1.29 is 24.1 Å². The van der Waals surface area contributed by atoms with Crippen LogP contribution in [0.1, 0.15) is 12.7 Å². The summed E-state index contributed by atoms with van der Waals surface area (Å²) >= 11 is 0. The van der Waals surface area contributed by atoms with E-state index in [4.69, 9.17) is 14.2 Å². The molecule has 0 radical (unpaired) electrons.